The summed E-state index contributed by atoms with van der Waals surface area (Å²) in [5.41, 5.74) is 1.40. The highest BCUT2D eigenvalue weighted by Crippen LogP contribution is 2.31. The Balaban J connectivity index is 2.11. The number of H-pyrrole nitrogens is 1. The average Bonchev–Trinajstić information content (AvgIpc) is 2.97. The number of nitrogens with one attached hydrogen (secondary N) is 1. The maximum atomic E-state index is 10.9. The van der Waals surface area contributed by atoms with Gasteiger partial charge in [-0.3, -0.25) is 10.1 Å². The maximum Gasteiger partial charge on any atom is 0.311 e. The first-order valence-corrected chi connectivity index (χ1v) is 6.63. The van der Waals surface area contributed by atoms with Gasteiger partial charge < -0.3 is 10.1 Å². The minimum Gasteiger partial charge on any atom is -0.502 e. The van der Waals surface area contributed by atoms with E-state index in [0.717, 1.165) is 5.52 Å². The number of fused-ring (bicyclic) bond motifs is 1. The number of rotatable bonds is 3. The Kier molecular flexibility index (Phi) is 3.49. The van der Waals surface area contributed by atoms with Crippen LogP contribution in [0.5, 0.6) is 5.75 Å². The topological polar surface area (TPSA) is 116 Å². The van der Waals surface area contributed by atoms with Gasteiger partial charge in [0.2, 0.25) is 5.75 Å². The number of phenols is 1. The predicted octanol–water partition coefficient (Wildman–Crippen LogP) is 3.24. The van der Waals surface area contributed by atoms with E-state index in [2.05, 4.69) is 9.97 Å². The third-order valence-electron chi connectivity index (χ3n) is 3.31. The number of aromatic nitrogens is 2. The van der Waals surface area contributed by atoms with Crippen molar-refractivity contribution in [2.75, 3.05) is 0 Å². The van der Waals surface area contributed by atoms with Crippen LogP contribution in [0.1, 0.15) is 11.4 Å². The van der Waals surface area contributed by atoms with Crippen molar-refractivity contribution >= 4 is 28.4 Å². The van der Waals surface area contributed by atoms with Crippen LogP contribution in [0.3, 0.4) is 0 Å². The van der Waals surface area contributed by atoms with Crippen LogP contribution in [-0.2, 0) is 0 Å². The minimum absolute atomic E-state index is 0.164. The molecule has 0 spiro atoms. The molecule has 2 N–H and O–H groups in total. The number of para-hydroxylation sites is 3. The van der Waals surface area contributed by atoms with Crippen molar-refractivity contribution in [1.29, 1.82) is 5.26 Å². The van der Waals surface area contributed by atoms with Crippen LogP contribution in [-0.4, -0.2) is 20.0 Å². The van der Waals surface area contributed by atoms with E-state index in [1.54, 1.807) is 6.07 Å². The van der Waals surface area contributed by atoms with E-state index in [1.807, 2.05) is 24.3 Å². The molecule has 23 heavy (non-hydrogen) atoms. The lowest BCUT2D eigenvalue weighted by atomic mass is 10.1. The number of imidazole rings is 1. The zero-order chi connectivity index (χ0) is 16.4. The van der Waals surface area contributed by atoms with Gasteiger partial charge in [-0.1, -0.05) is 24.3 Å². The van der Waals surface area contributed by atoms with Gasteiger partial charge in [-0.05, 0) is 18.2 Å². The van der Waals surface area contributed by atoms with Crippen LogP contribution in [0.25, 0.3) is 22.7 Å². The molecule has 7 heteroatoms. The van der Waals surface area contributed by atoms with Crippen molar-refractivity contribution in [3.63, 3.8) is 0 Å². The first-order valence-electron chi connectivity index (χ1n) is 6.63. The molecule has 0 unspecified atom stereocenters. The van der Waals surface area contributed by atoms with Crippen LogP contribution >= 0.6 is 0 Å². The molecule has 1 aromatic heterocycles. The molecule has 3 rings (SSSR count). The highest BCUT2D eigenvalue weighted by atomic mass is 16.6. The molecule has 2 aromatic carbocycles. The number of hydrogen-bond donors (Lipinski definition) is 2. The van der Waals surface area contributed by atoms with Crippen LogP contribution < -0.4 is 0 Å². The van der Waals surface area contributed by atoms with Crippen LogP contribution in [0, 0.1) is 21.4 Å². The average molecular weight is 306 g/mol. The van der Waals surface area contributed by atoms with Crippen molar-refractivity contribution < 1.29 is 10.0 Å². The Hall–Kier alpha value is -3.66. The van der Waals surface area contributed by atoms with E-state index in [-0.39, 0.29) is 11.1 Å². The number of nitrogens with zero attached hydrogens (tertiary/aromatic N) is 3. The van der Waals surface area contributed by atoms with Gasteiger partial charge in [-0.25, -0.2) is 4.98 Å². The Morgan fingerprint density at radius 3 is 2.78 bits per heavy atom. The quantitative estimate of drug-likeness (QED) is 0.437. The summed E-state index contributed by atoms with van der Waals surface area (Å²) < 4.78 is 0. The molecule has 0 amide bonds. The third kappa shape index (κ3) is 2.61. The number of phenolic OH excluding ortho intramolecular Hbond substituents is 1. The second-order valence-corrected chi connectivity index (χ2v) is 4.74. The van der Waals surface area contributed by atoms with Gasteiger partial charge >= 0.3 is 5.69 Å². The summed E-state index contributed by atoms with van der Waals surface area (Å²) >= 11 is 0. The molecule has 0 aliphatic rings. The molecular formula is C16H10N4O3. The number of aromatic amines is 1. The number of nitro benzene ring substituents is 1. The molecule has 7 nitrogen and oxygen atoms in total. The molecule has 0 aliphatic carbocycles. The number of hydrogen-bond acceptors (Lipinski definition) is 5. The molecule has 0 bridgehead atoms. The first kappa shape index (κ1) is 14.3. The van der Waals surface area contributed by atoms with Gasteiger partial charge in [0.1, 0.15) is 11.9 Å². The first-order chi connectivity index (χ1) is 11.1. The second-order valence-electron chi connectivity index (χ2n) is 4.74. The van der Waals surface area contributed by atoms with E-state index in [0.29, 0.717) is 11.3 Å². The highest BCUT2D eigenvalue weighted by molar-refractivity contribution is 5.91. The number of nitriles is 1. The minimum atomic E-state index is -0.681. The van der Waals surface area contributed by atoms with Crippen LogP contribution in [0.4, 0.5) is 5.69 Å². The summed E-state index contributed by atoms with van der Waals surface area (Å²) in [4.78, 5) is 17.5. The second kappa shape index (κ2) is 5.61. The molecule has 0 saturated carbocycles. The molecule has 0 fully saturated rings. The van der Waals surface area contributed by atoms with Crippen molar-refractivity contribution in [1.82, 2.24) is 9.97 Å². The van der Waals surface area contributed by atoms with Gasteiger partial charge in [-0.15, -0.1) is 0 Å². The number of allylic oxidation sites excluding steroid dienone is 1. The Morgan fingerprint density at radius 2 is 2.09 bits per heavy atom. The zero-order valence-corrected chi connectivity index (χ0v) is 11.7. The third-order valence-corrected chi connectivity index (χ3v) is 3.31. The molecule has 0 aliphatic heterocycles. The van der Waals surface area contributed by atoms with Crippen molar-refractivity contribution in [2.45, 2.75) is 0 Å². The fourth-order valence-electron chi connectivity index (χ4n) is 2.20. The normalized spacial score (nSPS) is 11.3. The van der Waals surface area contributed by atoms with Crippen molar-refractivity contribution in [2.24, 2.45) is 0 Å². The van der Waals surface area contributed by atoms with Crippen LogP contribution in [0.2, 0.25) is 0 Å². The van der Waals surface area contributed by atoms with Gasteiger partial charge in [0.25, 0.3) is 0 Å². The van der Waals surface area contributed by atoms with Gasteiger partial charge in [0.15, 0.2) is 0 Å². The maximum absolute atomic E-state index is 10.9. The van der Waals surface area contributed by atoms with Crippen molar-refractivity contribution in [3.05, 3.63) is 64.0 Å². The zero-order valence-electron chi connectivity index (χ0n) is 11.7. The summed E-state index contributed by atoms with van der Waals surface area (Å²) in [6.45, 7) is 0. The smallest absolute Gasteiger partial charge is 0.311 e. The predicted molar refractivity (Wildman–Crippen MR) is 84.3 cm³/mol. The summed E-state index contributed by atoms with van der Waals surface area (Å²) in [6.07, 6.45) is 1.36. The molecule has 0 atom stereocenters. The largest absolute Gasteiger partial charge is 0.502 e. The Labute approximate surface area is 130 Å². The Bertz CT molecular complexity index is 949. The highest BCUT2D eigenvalue weighted by Gasteiger charge is 2.16. The molecule has 0 saturated heterocycles. The van der Waals surface area contributed by atoms with Crippen LogP contribution in [0.15, 0.2) is 42.5 Å². The van der Waals surface area contributed by atoms with E-state index in [4.69, 9.17) is 0 Å². The monoisotopic (exact) mass is 306 g/mol. The molecule has 1 heterocycles. The SMILES string of the molecule is N#C/C(=C/c1cccc([N+](=O)[O-])c1O)c1nc2ccccc2[nH]1. The molecule has 112 valence electrons. The summed E-state index contributed by atoms with van der Waals surface area (Å²) in [6, 6.07) is 13.4. The van der Waals surface area contributed by atoms with Crippen molar-refractivity contribution in [3.8, 4) is 11.8 Å². The fourth-order valence-corrected chi connectivity index (χ4v) is 2.20. The lowest BCUT2D eigenvalue weighted by Gasteiger charge is -2.00. The van der Waals surface area contributed by atoms with E-state index in [1.165, 1.54) is 24.3 Å². The van der Waals surface area contributed by atoms with Gasteiger partial charge in [-0.2, -0.15) is 5.26 Å². The van der Waals surface area contributed by atoms with Gasteiger partial charge in [0.05, 0.1) is 21.5 Å². The summed E-state index contributed by atoms with van der Waals surface area (Å²) in [5, 5.41) is 30.2. The standard InChI is InChI=1S/C16H10N4O3/c17-9-11(16-18-12-5-1-2-6-13(12)19-16)8-10-4-3-7-14(15(10)21)20(22)23/h1-8,21H,(H,18,19)/b11-8-. The number of aromatic hydroxyl groups is 1. The lowest BCUT2D eigenvalue weighted by Crippen LogP contribution is -1.90. The Morgan fingerprint density at radius 1 is 1.30 bits per heavy atom. The molecule has 3 aromatic rings. The number of nitro groups is 1. The fraction of sp³-hybridized carbons (Fsp3) is 0. The summed E-state index contributed by atoms with van der Waals surface area (Å²) in [7, 11) is 0. The molecule has 0 radical (unpaired) electrons. The van der Waals surface area contributed by atoms with E-state index < -0.39 is 16.4 Å². The molecular weight excluding hydrogens is 296 g/mol. The number of benzene rings is 2. The van der Waals surface area contributed by atoms with E-state index in [9.17, 15) is 20.5 Å². The summed E-state index contributed by atoms with van der Waals surface area (Å²) in [5.74, 6) is -0.152. The van der Waals surface area contributed by atoms with Gasteiger partial charge in [0, 0.05) is 11.6 Å². The van der Waals surface area contributed by atoms with E-state index >= 15 is 0 Å². The lowest BCUT2D eigenvalue weighted by molar-refractivity contribution is -0.385.